The quantitative estimate of drug-likeness (QED) is 0.132. The summed E-state index contributed by atoms with van der Waals surface area (Å²) in [5.41, 5.74) is 4.96. The van der Waals surface area contributed by atoms with Crippen molar-refractivity contribution in [2.24, 2.45) is 23.7 Å². The Morgan fingerprint density at radius 2 is 0.913 bits per heavy atom. The van der Waals surface area contributed by atoms with Gasteiger partial charge in [0, 0.05) is 25.7 Å². The molecule has 0 saturated heterocycles. The molecule has 0 aromatic heterocycles. The van der Waals surface area contributed by atoms with Crippen LogP contribution in [-0.4, -0.2) is 18.1 Å². The van der Waals surface area contributed by atoms with Crippen LogP contribution in [0.2, 0.25) is 0 Å². The highest BCUT2D eigenvalue weighted by atomic mass is 19.1. The van der Waals surface area contributed by atoms with Gasteiger partial charge in [0.1, 0.15) is 18.1 Å². The molecule has 2 aromatic rings. The predicted molar refractivity (Wildman–Crippen MR) is 191 cm³/mol. The molecule has 4 rings (SSSR count). The molecule has 2 aliphatic rings. The molecule has 46 heavy (non-hydrogen) atoms. The van der Waals surface area contributed by atoms with Gasteiger partial charge in [-0.2, -0.15) is 0 Å². The van der Waals surface area contributed by atoms with Gasteiger partial charge in [0.15, 0.2) is 0 Å². The molecule has 256 valence electrons. The Morgan fingerprint density at radius 1 is 0.565 bits per heavy atom. The van der Waals surface area contributed by atoms with Crippen LogP contribution in [0.25, 0.3) is 0 Å². The Labute approximate surface area is 280 Å². The number of rotatable bonds is 20. The average molecular weight is 635 g/mol. The minimum absolute atomic E-state index is 0.211. The Hall–Kier alpha value is -2.03. The van der Waals surface area contributed by atoms with Crippen LogP contribution in [0.5, 0.6) is 0 Å². The summed E-state index contributed by atoms with van der Waals surface area (Å²) in [4.78, 5) is 12.5. The van der Waals surface area contributed by atoms with Crippen LogP contribution < -0.4 is 0 Å². The normalized spacial score (nSPS) is 23.2. The smallest absolute Gasteiger partial charge is 0.132 e. The average Bonchev–Trinajstić information content (AvgIpc) is 3.07. The van der Waals surface area contributed by atoms with E-state index in [4.69, 9.17) is 0 Å². The molecule has 2 aromatic carbocycles. The molecular weight excluding hydrogens is 570 g/mol. The third kappa shape index (κ3) is 12.9. The van der Waals surface area contributed by atoms with Crippen LogP contribution >= 0.6 is 0 Å². The summed E-state index contributed by atoms with van der Waals surface area (Å²) in [6.07, 6.45) is 20.9. The Kier molecular flexibility index (Phi) is 16.3. The summed E-state index contributed by atoms with van der Waals surface area (Å²) >= 11 is 0. The number of Topliss-reactive ketones (excluding diaryl/α,β-unsaturated/α-hetero) is 1. The molecule has 3 heteroatoms. The second-order valence-corrected chi connectivity index (χ2v) is 15.2. The van der Waals surface area contributed by atoms with Crippen molar-refractivity contribution in [2.45, 2.75) is 167 Å². The minimum atomic E-state index is -0.725. The van der Waals surface area contributed by atoms with Crippen LogP contribution in [0.1, 0.15) is 152 Å². The van der Waals surface area contributed by atoms with Crippen molar-refractivity contribution in [3.63, 3.8) is 0 Å². The first-order valence-corrected chi connectivity index (χ1v) is 19.4. The van der Waals surface area contributed by atoms with E-state index >= 15 is 8.78 Å². The van der Waals surface area contributed by atoms with Gasteiger partial charge >= 0.3 is 0 Å². The summed E-state index contributed by atoms with van der Waals surface area (Å²) in [5.74, 6) is 2.28. The molecule has 0 amide bonds. The number of hydrogen-bond acceptors (Lipinski definition) is 1. The number of halogens is 2. The molecular formula is C43H64F2O. The summed E-state index contributed by atoms with van der Waals surface area (Å²) in [6, 6.07) is 17.1. The van der Waals surface area contributed by atoms with Crippen LogP contribution in [0, 0.1) is 23.7 Å². The van der Waals surface area contributed by atoms with E-state index in [1.54, 1.807) is 0 Å². The van der Waals surface area contributed by atoms with Gasteiger partial charge in [0.2, 0.25) is 0 Å². The zero-order valence-electron chi connectivity index (χ0n) is 29.3. The molecule has 0 aliphatic heterocycles. The number of unbranched alkanes of at least 4 members (excludes halogenated alkanes) is 2. The summed E-state index contributed by atoms with van der Waals surface area (Å²) < 4.78 is 30.1. The van der Waals surface area contributed by atoms with Crippen molar-refractivity contribution in [3.05, 3.63) is 70.8 Å². The van der Waals surface area contributed by atoms with Crippen LogP contribution in [0.15, 0.2) is 48.5 Å². The van der Waals surface area contributed by atoms with Crippen LogP contribution in [0.3, 0.4) is 0 Å². The molecule has 2 aliphatic carbocycles. The molecule has 1 nitrogen and oxygen atoms in total. The van der Waals surface area contributed by atoms with Crippen molar-refractivity contribution in [3.8, 4) is 0 Å². The number of aryl methyl sites for hydroxylation is 2. The lowest BCUT2D eigenvalue weighted by Crippen LogP contribution is -2.24. The predicted octanol–water partition coefficient (Wildman–Crippen LogP) is 12.4. The van der Waals surface area contributed by atoms with Crippen molar-refractivity contribution in [1.82, 2.24) is 0 Å². The van der Waals surface area contributed by atoms with E-state index in [1.165, 1.54) is 24.0 Å². The molecule has 0 spiro atoms. The maximum Gasteiger partial charge on any atom is 0.132 e. The zero-order chi connectivity index (χ0) is 32.6. The zero-order valence-corrected chi connectivity index (χ0v) is 29.3. The Balaban J connectivity index is 0.980. The third-order valence-electron chi connectivity index (χ3n) is 11.4. The van der Waals surface area contributed by atoms with Crippen LogP contribution in [0.4, 0.5) is 8.78 Å². The SMILES string of the molecule is CCCc1ccc(CC(F)C2CCC(CCCCC(=O)CCCC[C@H]3CC[C@H](C(F)Cc4ccc(CCC)cc4)CC3)CC2)cc1. The first-order valence-electron chi connectivity index (χ1n) is 19.4. The number of benzene rings is 2. The highest BCUT2D eigenvalue weighted by Crippen LogP contribution is 2.37. The lowest BCUT2D eigenvalue weighted by molar-refractivity contribution is -0.119. The fraction of sp³-hybridized carbons (Fsp3) is 0.698. The topological polar surface area (TPSA) is 17.1 Å². The lowest BCUT2D eigenvalue weighted by Gasteiger charge is -2.30. The molecule has 2 fully saturated rings. The van der Waals surface area contributed by atoms with E-state index in [2.05, 4.69) is 62.4 Å². The summed E-state index contributed by atoms with van der Waals surface area (Å²) in [6.45, 7) is 4.38. The molecule has 2 unspecified atom stereocenters. The van der Waals surface area contributed by atoms with Gasteiger partial charge in [-0.15, -0.1) is 0 Å². The number of hydrogen-bond donors (Lipinski definition) is 0. The standard InChI is InChI=1S/C43H64F2O/c1-3-9-33-15-19-37(20-16-33)31-42(44)39-27-23-35(24-28-39)11-5-7-13-41(46)14-8-6-12-36-25-29-40(30-26-36)43(45)32-38-21-17-34(10-4-2)18-22-38/h15-22,35-36,39-40,42-43H,3-14,23-32H2,1-2H3/t35-,36?,39-,40?,42?,43?. The van der Waals surface area contributed by atoms with Gasteiger partial charge in [-0.05, 0) is 97.3 Å². The van der Waals surface area contributed by atoms with Gasteiger partial charge in [0.25, 0.3) is 0 Å². The third-order valence-corrected chi connectivity index (χ3v) is 11.4. The fourth-order valence-corrected chi connectivity index (χ4v) is 8.36. The van der Waals surface area contributed by atoms with Gasteiger partial charge in [-0.25, -0.2) is 8.78 Å². The maximum atomic E-state index is 15.1. The Bertz CT molecular complexity index is 1010. The first kappa shape index (κ1) is 36.8. The van der Waals surface area contributed by atoms with Crippen molar-refractivity contribution in [2.75, 3.05) is 0 Å². The fourth-order valence-electron chi connectivity index (χ4n) is 8.36. The van der Waals surface area contributed by atoms with Crippen molar-refractivity contribution < 1.29 is 13.6 Å². The Morgan fingerprint density at radius 3 is 1.26 bits per heavy atom. The van der Waals surface area contributed by atoms with Crippen LogP contribution in [-0.2, 0) is 30.5 Å². The largest absolute Gasteiger partial charge is 0.300 e. The second-order valence-electron chi connectivity index (χ2n) is 15.2. The second kappa shape index (κ2) is 20.4. The van der Waals surface area contributed by atoms with Gasteiger partial charge < -0.3 is 0 Å². The van der Waals surface area contributed by atoms with Gasteiger partial charge in [0.05, 0.1) is 0 Å². The van der Waals surface area contributed by atoms with Crippen molar-refractivity contribution >= 4 is 5.78 Å². The maximum absolute atomic E-state index is 15.1. The van der Waals surface area contributed by atoms with Crippen molar-refractivity contribution in [1.29, 1.82) is 0 Å². The molecule has 2 atom stereocenters. The van der Waals surface area contributed by atoms with E-state index in [0.29, 0.717) is 30.5 Å². The molecule has 0 radical (unpaired) electrons. The highest BCUT2D eigenvalue weighted by Gasteiger charge is 2.29. The highest BCUT2D eigenvalue weighted by molar-refractivity contribution is 5.78. The number of ketones is 1. The van der Waals surface area contributed by atoms with E-state index in [1.807, 2.05) is 0 Å². The monoisotopic (exact) mass is 634 g/mol. The molecule has 2 saturated carbocycles. The minimum Gasteiger partial charge on any atom is -0.300 e. The number of carbonyl (C=O) groups is 1. The molecule has 0 heterocycles. The lowest BCUT2D eigenvalue weighted by atomic mass is 9.77. The molecule has 0 bridgehead atoms. The number of alkyl halides is 2. The van der Waals surface area contributed by atoms with Gasteiger partial charge in [-0.3, -0.25) is 4.79 Å². The van der Waals surface area contributed by atoms with Gasteiger partial charge in [-0.1, -0.05) is 127 Å². The van der Waals surface area contributed by atoms with E-state index in [0.717, 1.165) is 127 Å². The summed E-state index contributed by atoms with van der Waals surface area (Å²) in [7, 11) is 0. The molecule has 0 N–H and O–H groups in total. The van der Waals surface area contributed by atoms with E-state index < -0.39 is 12.3 Å². The van der Waals surface area contributed by atoms with E-state index in [9.17, 15) is 4.79 Å². The first-order chi connectivity index (χ1) is 22.4. The number of carbonyl (C=O) groups excluding carboxylic acids is 1. The van der Waals surface area contributed by atoms with E-state index in [-0.39, 0.29) is 11.8 Å². The summed E-state index contributed by atoms with van der Waals surface area (Å²) in [5, 5.41) is 0.